The number of carbonyl (C=O) groups is 1. The molecule has 2 heteroatoms. The van der Waals surface area contributed by atoms with E-state index >= 15 is 0 Å². The van der Waals surface area contributed by atoms with Gasteiger partial charge in [-0.25, -0.2) is 0 Å². The molecule has 0 aliphatic heterocycles. The molecule has 1 saturated carbocycles. The average Bonchev–Trinajstić information content (AvgIpc) is 2.64. The van der Waals surface area contributed by atoms with Crippen LogP contribution in [0.4, 0.5) is 0 Å². The number of rotatable bonds is 1. The molecule has 0 aromatic carbocycles. The topological polar surface area (TPSA) is 37.3 Å². The smallest absolute Gasteiger partial charge is 0.159 e. The van der Waals surface area contributed by atoms with Gasteiger partial charge < -0.3 is 5.11 Å². The molecular formula is C9H12O2. The van der Waals surface area contributed by atoms with Crippen molar-refractivity contribution in [3.63, 3.8) is 0 Å². The second-order valence-corrected chi connectivity index (χ2v) is 3.61. The first-order valence-electron chi connectivity index (χ1n) is 4.18. The highest BCUT2D eigenvalue weighted by Gasteiger charge is 2.34. The summed E-state index contributed by atoms with van der Waals surface area (Å²) in [5.41, 5.74) is 0. The lowest BCUT2D eigenvalue weighted by Gasteiger charge is -2.17. The lowest BCUT2D eigenvalue weighted by atomic mass is 9.88. The zero-order valence-corrected chi connectivity index (χ0v) is 6.42. The minimum absolute atomic E-state index is 0.102. The van der Waals surface area contributed by atoms with E-state index in [4.69, 9.17) is 5.11 Å². The number of aliphatic hydroxyl groups excluding tert-OH is 1. The van der Waals surface area contributed by atoms with Gasteiger partial charge in [0.05, 0.1) is 5.76 Å². The Labute approximate surface area is 65.9 Å². The van der Waals surface area contributed by atoms with Crippen LogP contribution in [0.25, 0.3) is 0 Å². The molecule has 0 amide bonds. The highest BCUT2D eigenvalue weighted by molar-refractivity contribution is 5.91. The predicted octanol–water partition coefficient (Wildman–Crippen LogP) is 1.82. The zero-order valence-electron chi connectivity index (χ0n) is 6.42. The average molecular weight is 152 g/mol. The monoisotopic (exact) mass is 152 g/mol. The van der Waals surface area contributed by atoms with Crippen LogP contribution in [0.15, 0.2) is 11.8 Å². The first kappa shape index (κ1) is 6.89. The summed E-state index contributed by atoms with van der Waals surface area (Å²) in [4.78, 5) is 11.0. The van der Waals surface area contributed by atoms with Crippen LogP contribution in [0.1, 0.15) is 25.7 Å². The second-order valence-electron chi connectivity index (χ2n) is 3.61. The van der Waals surface area contributed by atoms with Crippen LogP contribution in [0.2, 0.25) is 0 Å². The van der Waals surface area contributed by atoms with Gasteiger partial charge in [-0.05, 0) is 24.7 Å². The Kier molecular flexibility index (Phi) is 1.48. The molecule has 0 aromatic rings. The fourth-order valence-corrected chi connectivity index (χ4v) is 1.80. The van der Waals surface area contributed by atoms with Gasteiger partial charge in [0, 0.05) is 18.9 Å². The first-order chi connectivity index (χ1) is 5.25. The standard InChI is InChI=1S/C9H12O2/c10-8-3-7(6-1-2-6)4-9(11)5-8/h5-7,10H,1-4H2. The van der Waals surface area contributed by atoms with E-state index < -0.39 is 0 Å². The highest BCUT2D eigenvalue weighted by Crippen LogP contribution is 2.42. The van der Waals surface area contributed by atoms with Crippen molar-refractivity contribution in [1.82, 2.24) is 0 Å². The molecule has 0 bridgehead atoms. The normalized spacial score (nSPS) is 31.8. The van der Waals surface area contributed by atoms with Crippen LogP contribution in [-0.4, -0.2) is 10.9 Å². The van der Waals surface area contributed by atoms with Gasteiger partial charge in [-0.1, -0.05) is 0 Å². The van der Waals surface area contributed by atoms with E-state index in [-0.39, 0.29) is 11.5 Å². The maximum absolute atomic E-state index is 11.0. The molecule has 2 rings (SSSR count). The maximum atomic E-state index is 11.0. The molecule has 0 heterocycles. The van der Waals surface area contributed by atoms with Crippen LogP contribution in [0, 0.1) is 11.8 Å². The molecule has 1 unspecified atom stereocenters. The van der Waals surface area contributed by atoms with Gasteiger partial charge in [0.1, 0.15) is 0 Å². The Balaban J connectivity index is 2.05. The van der Waals surface area contributed by atoms with E-state index in [2.05, 4.69) is 0 Å². The third-order valence-electron chi connectivity index (χ3n) is 2.55. The number of allylic oxidation sites excluding steroid dienone is 2. The first-order valence-corrected chi connectivity index (χ1v) is 4.18. The van der Waals surface area contributed by atoms with E-state index in [0.717, 1.165) is 12.3 Å². The predicted molar refractivity (Wildman–Crippen MR) is 41.2 cm³/mol. The van der Waals surface area contributed by atoms with E-state index in [1.54, 1.807) is 0 Å². The van der Waals surface area contributed by atoms with Gasteiger partial charge in [0.25, 0.3) is 0 Å². The summed E-state index contributed by atoms with van der Waals surface area (Å²) in [6.45, 7) is 0. The van der Waals surface area contributed by atoms with Crippen molar-refractivity contribution in [3.05, 3.63) is 11.8 Å². The Morgan fingerprint density at radius 1 is 1.27 bits per heavy atom. The van der Waals surface area contributed by atoms with Crippen molar-refractivity contribution in [1.29, 1.82) is 0 Å². The summed E-state index contributed by atoms with van der Waals surface area (Å²) in [5.74, 6) is 1.58. The molecule has 1 fully saturated rings. The Morgan fingerprint density at radius 3 is 2.55 bits per heavy atom. The van der Waals surface area contributed by atoms with Crippen molar-refractivity contribution in [2.45, 2.75) is 25.7 Å². The van der Waals surface area contributed by atoms with E-state index in [0.29, 0.717) is 12.3 Å². The summed E-state index contributed by atoms with van der Waals surface area (Å²) in [7, 11) is 0. The summed E-state index contributed by atoms with van der Waals surface area (Å²) >= 11 is 0. The quantitative estimate of drug-likeness (QED) is 0.622. The molecule has 2 nitrogen and oxygen atoms in total. The summed E-state index contributed by atoms with van der Waals surface area (Å²) < 4.78 is 0. The van der Waals surface area contributed by atoms with E-state index in [1.807, 2.05) is 0 Å². The maximum Gasteiger partial charge on any atom is 0.159 e. The minimum atomic E-state index is 0.102. The minimum Gasteiger partial charge on any atom is -0.512 e. The fourth-order valence-electron chi connectivity index (χ4n) is 1.80. The van der Waals surface area contributed by atoms with Crippen molar-refractivity contribution in [2.24, 2.45) is 11.8 Å². The van der Waals surface area contributed by atoms with Gasteiger partial charge in [-0.15, -0.1) is 0 Å². The number of hydrogen-bond donors (Lipinski definition) is 1. The number of ketones is 1. The molecule has 0 spiro atoms. The molecule has 11 heavy (non-hydrogen) atoms. The molecule has 2 aliphatic rings. The molecule has 2 aliphatic carbocycles. The zero-order chi connectivity index (χ0) is 7.84. The largest absolute Gasteiger partial charge is 0.512 e. The van der Waals surface area contributed by atoms with Crippen LogP contribution in [0.3, 0.4) is 0 Å². The molecule has 0 saturated heterocycles. The van der Waals surface area contributed by atoms with Gasteiger partial charge >= 0.3 is 0 Å². The SMILES string of the molecule is O=C1C=C(O)CC(C2CC2)C1. The molecule has 1 N–H and O–H groups in total. The van der Waals surface area contributed by atoms with Crippen molar-refractivity contribution in [2.75, 3.05) is 0 Å². The molecule has 1 atom stereocenters. The summed E-state index contributed by atoms with van der Waals surface area (Å²) in [5, 5.41) is 9.17. The Bertz CT molecular complexity index is 214. The van der Waals surface area contributed by atoms with Crippen LogP contribution in [0.5, 0.6) is 0 Å². The third kappa shape index (κ3) is 1.44. The fraction of sp³-hybridized carbons (Fsp3) is 0.667. The van der Waals surface area contributed by atoms with Crippen molar-refractivity contribution >= 4 is 5.78 Å². The van der Waals surface area contributed by atoms with Crippen LogP contribution in [-0.2, 0) is 4.79 Å². The second kappa shape index (κ2) is 2.36. The molecule has 60 valence electrons. The lowest BCUT2D eigenvalue weighted by Crippen LogP contribution is -2.15. The van der Waals surface area contributed by atoms with E-state index in [1.165, 1.54) is 18.9 Å². The van der Waals surface area contributed by atoms with Crippen LogP contribution >= 0.6 is 0 Å². The Morgan fingerprint density at radius 2 is 2.00 bits per heavy atom. The van der Waals surface area contributed by atoms with Gasteiger partial charge in [0.2, 0.25) is 0 Å². The summed E-state index contributed by atoms with van der Waals surface area (Å²) in [6.07, 6.45) is 5.28. The van der Waals surface area contributed by atoms with E-state index in [9.17, 15) is 4.79 Å². The number of carbonyl (C=O) groups excluding carboxylic acids is 1. The van der Waals surface area contributed by atoms with Crippen molar-refractivity contribution < 1.29 is 9.90 Å². The number of hydrogen-bond acceptors (Lipinski definition) is 2. The summed E-state index contributed by atoms with van der Waals surface area (Å²) in [6, 6.07) is 0. The van der Waals surface area contributed by atoms with Crippen molar-refractivity contribution in [3.8, 4) is 0 Å². The third-order valence-corrected chi connectivity index (χ3v) is 2.55. The van der Waals surface area contributed by atoms with Gasteiger partial charge in [-0.3, -0.25) is 4.79 Å². The molecule has 0 aromatic heterocycles. The molecule has 0 radical (unpaired) electrons. The van der Waals surface area contributed by atoms with Gasteiger partial charge in [-0.2, -0.15) is 0 Å². The lowest BCUT2D eigenvalue weighted by molar-refractivity contribution is -0.116. The van der Waals surface area contributed by atoms with Crippen LogP contribution < -0.4 is 0 Å². The molecular weight excluding hydrogens is 140 g/mol. The van der Waals surface area contributed by atoms with Gasteiger partial charge in [0.15, 0.2) is 5.78 Å². The highest BCUT2D eigenvalue weighted by atomic mass is 16.3. The number of aliphatic hydroxyl groups is 1. The Hall–Kier alpha value is -0.790.